The Labute approximate surface area is 117 Å². The highest BCUT2D eigenvalue weighted by Crippen LogP contribution is 2.30. The van der Waals surface area contributed by atoms with Gasteiger partial charge >= 0.3 is 6.18 Å². The highest BCUT2D eigenvalue weighted by molar-refractivity contribution is 5.27. The number of nitrogens with one attached hydrogen (secondary N) is 1. The molecular weight excluding hydrogens is 267 g/mol. The highest BCUT2D eigenvalue weighted by atomic mass is 19.4. The van der Waals surface area contributed by atoms with Crippen LogP contribution in [0.3, 0.4) is 0 Å². The van der Waals surface area contributed by atoms with Crippen LogP contribution in [0, 0.1) is 5.92 Å². The van der Waals surface area contributed by atoms with Gasteiger partial charge in [-0.3, -0.25) is 0 Å². The zero-order chi connectivity index (χ0) is 14.8. The largest absolute Gasteiger partial charge is 0.416 e. The normalized spacial score (nSPS) is 24.1. The molecule has 1 unspecified atom stereocenters. The van der Waals surface area contributed by atoms with Crippen molar-refractivity contribution in [2.24, 2.45) is 5.92 Å². The maximum atomic E-state index is 12.5. The Hall–Kier alpha value is -1.07. The van der Waals surface area contributed by atoms with Gasteiger partial charge < -0.3 is 10.1 Å². The molecule has 0 aromatic heterocycles. The van der Waals surface area contributed by atoms with Crippen molar-refractivity contribution in [1.82, 2.24) is 5.32 Å². The minimum atomic E-state index is -4.28. The van der Waals surface area contributed by atoms with E-state index in [0.717, 1.165) is 24.1 Å². The first-order chi connectivity index (χ1) is 9.36. The predicted molar refractivity (Wildman–Crippen MR) is 71.4 cm³/mol. The van der Waals surface area contributed by atoms with E-state index in [2.05, 4.69) is 19.2 Å². The number of ether oxygens (including phenoxy) is 1. The first-order valence-electron chi connectivity index (χ1n) is 6.87. The van der Waals surface area contributed by atoms with Crippen LogP contribution in [-0.4, -0.2) is 19.3 Å². The molecule has 0 saturated carbocycles. The fourth-order valence-electron chi connectivity index (χ4n) is 2.51. The topological polar surface area (TPSA) is 21.3 Å². The van der Waals surface area contributed by atoms with Crippen molar-refractivity contribution < 1.29 is 17.9 Å². The van der Waals surface area contributed by atoms with Crippen LogP contribution in [0.5, 0.6) is 0 Å². The quantitative estimate of drug-likeness (QED) is 0.913. The highest BCUT2D eigenvalue weighted by Gasteiger charge is 2.30. The lowest BCUT2D eigenvalue weighted by atomic mass is 9.99. The molecule has 1 aromatic rings. The van der Waals surface area contributed by atoms with Crippen molar-refractivity contribution in [3.8, 4) is 0 Å². The van der Waals surface area contributed by atoms with Crippen molar-refractivity contribution in [3.05, 3.63) is 35.4 Å². The fraction of sp³-hybridized carbons (Fsp3) is 0.600. The third-order valence-electron chi connectivity index (χ3n) is 3.44. The molecule has 2 atom stereocenters. The molecule has 2 rings (SSSR count). The Morgan fingerprint density at radius 2 is 1.85 bits per heavy atom. The summed E-state index contributed by atoms with van der Waals surface area (Å²) in [5, 5.41) is 3.45. The van der Waals surface area contributed by atoms with E-state index in [1.807, 2.05) is 0 Å². The fourth-order valence-corrected chi connectivity index (χ4v) is 2.51. The molecular formula is C15H20F3NO. The molecule has 0 bridgehead atoms. The van der Waals surface area contributed by atoms with E-state index >= 15 is 0 Å². The second kappa shape index (κ2) is 6.14. The van der Waals surface area contributed by atoms with Gasteiger partial charge in [-0.15, -0.1) is 0 Å². The van der Waals surface area contributed by atoms with Crippen LogP contribution in [-0.2, 0) is 10.9 Å². The van der Waals surface area contributed by atoms with Crippen molar-refractivity contribution in [2.45, 2.75) is 38.5 Å². The van der Waals surface area contributed by atoms with Crippen LogP contribution in [0.4, 0.5) is 13.2 Å². The molecule has 0 amide bonds. The predicted octanol–water partition coefficient (Wildman–Crippen LogP) is 3.78. The van der Waals surface area contributed by atoms with Gasteiger partial charge in [-0.2, -0.15) is 13.2 Å². The van der Waals surface area contributed by atoms with E-state index in [-0.39, 0.29) is 12.1 Å². The number of halogens is 3. The van der Waals surface area contributed by atoms with Gasteiger partial charge in [0, 0.05) is 6.04 Å². The van der Waals surface area contributed by atoms with Crippen LogP contribution in [0.25, 0.3) is 0 Å². The standard InChI is InChI=1S/C15H20F3NO/c1-10(2)7-13-8-20-9-14(19-13)11-3-5-12(6-4-11)15(16,17)18/h3-6,10,13-14,19H,7-9H2,1-2H3/t13?,14-/m0/s1. The molecule has 1 saturated heterocycles. The molecule has 2 nitrogen and oxygen atoms in total. The van der Waals surface area contributed by atoms with Crippen LogP contribution < -0.4 is 5.32 Å². The van der Waals surface area contributed by atoms with E-state index < -0.39 is 11.7 Å². The lowest BCUT2D eigenvalue weighted by molar-refractivity contribution is -0.137. The molecule has 20 heavy (non-hydrogen) atoms. The Morgan fingerprint density at radius 3 is 2.40 bits per heavy atom. The number of benzene rings is 1. The minimum absolute atomic E-state index is 0.0326. The molecule has 1 aliphatic heterocycles. The number of morpholine rings is 1. The van der Waals surface area contributed by atoms with Gasteiger partial charge in [-0.05, 0) is 30.0 Å². The maximum absolute atomic E-state index is 12.5. The third-order valence-corrected chi connectivity index (χ3v) is 3.44. The smallest absolute Gasteiger partial charge is 0.378 e. The van der Waals surface area contributed by atoms with Crippen LogP contribution in [0.2, 0.25) is 0 Å². The van der Waals surface area contributed by atoms with E-state index in [9.17, 15) is 13.2 Å². The third kappa shape index (κ3) is 3.96. The van der Waals surface area contributed by atoms with Crippen LogP contribution in [0.15, 0.2) is 24.3 Å². The zero-order valence-electron chi connectivity index (χ0n) is 11.7. The average molecular weight is 287 g/mol. The summed E-state index contributed by atoms with van der Waals surface area (Å²) < 4.78 is 43.1. The van der Waals surface area contributed by atoms with E-state index in [0.29, 0.717) is 19.1 Å². The van der Waals surface area contributed by atoms with Gasteiger partial charge in [-0.1, -0.05) is 26.0 Å². The Kier molecular flexibility index (Phi) is 4.70. The first-order valence-corrected chi connectivity index (χ1v) is 6.87. The number of alkyl halides is 3. The summed E-state index contributed by atoms with van der Waals surface area (Å²) in [5.74, 6) is 0.558. The maximum Gasteiger partial charge on any atom is 0.416 e. The van der Waals surface area contributed by atoms with E-state index in [1.165, 1.54) is 12.1 Å². The average Bonchev–Trinajstić information content (AvgIpc) is 2.37. The molecule has 1 aromatic carbocycles. The summed E-state index contributed by atoms with van der Waals surface area (Å²) in [6.45, 7) is 5.45. The van der Waals surface area contributed by atoms with Crippen molar-refractivity contribution in [2.75, 3.05) is 13.2 Å². The molecule has 1 heterocycles. The summed E-state index contributed by atoms with van der Waals surface area (Å²) in [5.41, 5.74) is 0.225. The first kappa shape index (κ1) is 15.3. The van der Waals surface area contributed by atoms with Crippen molar-refractivity contribution in [3.63, 3.8) is 0 Å². The number of hydrogen-bond donors (Lipinski definition) is 1. The van der Waals surface area contributed by atoms with Gasteiger partial charge in [0.15, 0.2) is 0 Å². The molecule has 1 N–H and O–H groups in total. The van der Waals surface area contributed by atoms with Gasteiger partial charge in [0.05, 0.1) is 24.8 Å². The van der Waals surface area contributed by atoms with E-state index in [1.54, 1.807) is 0 Å². The molecule has 0 spiro atoms. The van der Waals surface area contributed by atoms with Crippen molar-refractivity contribution in [1.29, 1.82) is 0 Å². The summed E-state index contributed by atoms with van der Waals surface area (Å²) >= 11 is 0. The monoisotopic (exact) mass is 287 g/mol. The second-order valence-corrected chi connectivity index (χ2v) is 5.70. The molecule has 112 valence electrons. The summed E-state index contributed by atoms with van der Waals surface area (Å²) in [7, 11) is 0. The summed E-state index contributed by atoms with van der Waals surface area (Å²) in [6.07, 6.45) is -3.29. The lowest BCUT2D eigenvalue weighted by Crippen LogP contribution is -2.44. The summed E-state index contributed by atoms with van der Waals surface area (Å²) in [4.78, 5) is 0. The molecule has 5 heteroatoms. The molecule has 0 aliphatic carbocycles. The van der Waals surface area contributed by atoms with Gasteiger partial charge in [0.1, 0.15) is 0 Å². The molecule has 0 radical (unpaired) electrons. The van der Waals surface area contributed by atoms with Gasteiger partial charge in [-0.25, -0.2) is 0 Å². The lowest BCUT2D eigenvalue weighted by Gasteiger charge is -2.32. The van der Waals surface area contributed by atoms with Crippen LogP contribution >= 0.6 is 0 Å². The zero-order valence-corrected chi connectivity index (χ0v) is 11.7. The Morgan fingerprint density at radius 1 is 1.20 bits per heavy atom. The van der Waals surface area contributed by atoms with Crippen LogP contribution in [0.1, 0.15) is 37.4 Å². The summed E-state index contributed by atoms with van der Waals surface area (Å²) in [6, 6.07) is 5.54. The van der Waals surface area contributed by atoms with Crippen molar-refractivity contribution >= 4 is 0 Å². The SMILES string of the molecule is CC(C)CC1COC[C@@H](c2ccc(C(F)(F)F)cc2)N1. The minimum Gasteiger partial charge on any atom is -0.378 e. The second-order valence-electron chi connectivity index (χ2n) is 5.70. The molecule has 1 aliphatic rings. The van der Waals surface area contributed by atoms with Gasteiger partial charge in [0.25, 0.3) is 0 Å². The number of hydrogen-bond acceptors (Lipinski definition) is 2. The molecule has 1 fully saturated rings. The number of rotatable bonds is 3. The van der Waals surface area contributed by atoms with Gasteiger partial charge in [0.2, 0.25) is 0 Å². The Balaban J connectivity index is 2.04. The Bertz CT molecular complexity index is 428. The van der Waals surface area contributed by atoms with E-state index in [4.69, 9.17) is 4.74 Å².